The Bertz CT molecular complexity index is 898. The fraction of sp³-hybridized carbons (Fsp3) is 0.800. The van der Waals surface area contributed by atoms with Gasteiger partial charge < -0.3 is 57.1 Å². The molecular formula is C25H46N6O10. The molecule has 0 bridgehead atoms. The number of aliphatic hydroxyl groups excluding tert-OH is 4. The SMILES string of the molecule is CC(N)C(=O)NC(C)C(=O)N1CCCC1.CCC(=O)NC(C)C(=O)NC(C)C(=O)NC1OC(CO)C(O)C(O)C1O. The second-order valence-electron chi connectivity index (χ2n) is 10.2. The van der Waals surface area contributed by atoms with Crippen LogP contribution >= 0.6 is 0 Å². The van der Waals surface area contributed by atoms with Crippen LogP contribution in [0.4, 0.5) is 0 Å². The molecule has 0 saturated carbocycles. The highest BCUT2D eigenvalue weighted by atomic mass is 16.6. The van der Waals surface area contributed by atoms with E-state index < -0.39 is 73.2 Å². The number of amides is 5. The molecule has 2 rings (SSSR count). The van der Waals surface area contributed by atoms with Crippen LogP contribution in [-0.2, 0) is 28.7 Å². The molecule has 0 aromatic carbocycles. The van der Waals surface area contributed by atoms with Crippen molar-refractivity contribution in [2.24, 2.45) is 5.73 Å². The van der Waals surface area contributed by atoms with E-state index in [4.69, 9.17) is 15.6 Å². The highest BCUT2D eigenvalue weighted by Gasteiger charge is 2.44. The largest absolute Gasteiger partial charge is 0.394 e. The van der Waals surface area contributed by atoms with Crippen LogP contribution in [0.2, 0.25) is 0 Å². The summed E-state index contributed by atoms with van der Waals surface area (Å²) >= 11 is 0. The predicted molar refractivity (Wildman–Crippen MR) is 144 cm³/mol. The summed E-state index contributed by atoms with van der Waals surface area (Å²) in [6.45, 7) is 8.75. The van der Waals surface area contributed by atoms with Crippen molar-refractivity contribution in [3.63, 3.8) is 0 Å². The van der Waals surface area contributed by atoms with Gasteiger partial charge in [-0.25, -0.2) is 0 Å². The van der Waals surface area contributed by atoms with Crippen molar-refractivity contribution < 1.29 is 49.1 Å². The van der Waals surface area contributed by atoms with Crippen molar-refractivity contribution in [2.45, 2.75) is 109 Å². The number of nitrogens with two attached hydrogens (primary N) is 1. The Morgan fingerprint density at radius 1 is 0.829 bits per heavy atom. The van der Waals surface area contributed by atoms with Crippen molar-refractivity contribution in [1.29, 1.82) is 0 Å². The number of nitrogens with one attached hydrogen (secondary N) is 4. The highest BCUT2D eigenvalue weighted by Crippen LogP contribution is 2.19. The average molecular weight is 591 g/mol. The first-order valence-electron chi connectivity index (χ1n) is 13.7. The molecule has 16 nitrogen and oxygen atoms in total. The van der Waals surface area contributed by atoms with Crippen molar-refractivity contribution >= 4 is 29.5 Å². The zero-order valence-electron chi connectivity index (χ0n) is 24.2. The third-order valence-electron chi connectivity index (χ3n) is 6.58. The zero-order valence-corrected chi connectivity index (χ0v) is 24.2. The number of rotatable bonds is 10. The number of aliphatic hydroxyl groups is 4. The summed E-state index contributed by atoms with van der Waals surface area (Å²) in [7, 11) is 0. The summed E-state index contributed by atoms with van der Waals surface area (Å²) in [6.07, 6.45) is -5.00. The van der Waals surface area contributed by atoms with Crippen LogP contribution in [-0.4, -0.2) is 129 Å². The molecule has 0 aromatic rings. The van der Waals surface area contributed by atoms with E-state index in [0.717, 1.165) is 25.9 Å². The summed E-state index contributed by atoms with van der Waals surface area (Å²) in [5, 5.41) is 48.1. The number of carbonyl (C=O) groups excluding carboxylic acids is 5. The Balaban J connectivity index is 0.000000474. The molecule has 2 fully saturated rings. The summed E-state index contributed by atoms with van der Waals surface area (Å²) < 4.78 is 5.16. The molecule has 236 valence electrons. The maximum absolute atomic E-state index is 12.2. The fourth-order valence-electron chi connectivity index (χ4n) is 3.92. The van der Waals surface area contributed by atoms with E-state index in [-0.39, 0.29) is 24.1 Å². The van der Waals surface area contributed by atoms with E-state index in [1.807, 2.05) is 0 Å². The lowest BCUT2D eigenvalue weighted by Crippen LogP contribution is -2.64. The van der Waals surface area contributed by atoms with Gasteiger partial charge in [0, 0.05) is 19.5 Å². The molecule has 2 aliphatic rings. The third-order valence-corrected chi connectivity index (χ3v) is 6.58. The third kappa shape index (κ3) is 11.1. The summed E-state index contributed by atoms with van der Waals surface area (Å²) in [5.41, 5.74) is 5.40. The standard InChI is InChI=1S/C15H27N3O8.C10H19N3O2/c1-4-9(20)16-6(2)13(24)17-7(3)14(25)18-15-12(23)11(22)10(21)8(5-19)26-15;1-7(11)9(14)12-8(2)10(15)13-5-3-4-6-13/h6-8,10-12,15,19,21-23H,4-5H2,1-3H3,(H,16,20)(H,17,24)(H,18,25);7-8H,3-6,11H2,1-2H3,(H,12,14). The number of hydrogen-bond donors (Lipinski definition) is 9. The van der Waals surface area contributed by atoms with E-state index in [0.29, 0.717) is 0 Å². The Morgan fingerprint density at radius 3 is 1.88 bits per heavy atom. The normalized spacial score (nSPS) is 26.8. The van der Waals surface area contributed by atoms with E-state index >= 15 is 0 Å². The zero-order chi connectivity index (χ0) is 31.4. The molecule has 5 amide bonds. The van der Waals surface area contributed by atoms with Crippen molar-refractivity contribution in [3.05, 3.63) is 0 Å². The maximum Gasteiger partial charge on any atom is 0.244 e. The summed E-state index contributed by atoms with van der Waals surface area (Å²) in [4.78, 5) is 60.2. The smallest absolute Gasteiger partial charge is 0.244 e. The van der Waals surface area contributed by atoms with E-state index in [9.17, 15) is 39.3 Å². The van der Waals surface area contributed by atoms with Gasteiger partial charge in [0.15, 0.2) is 6.23 Å². The number of nitrogens with zero attached hydrogens (tertiary/aromatic N) is 1. The quantitative estimate of drug-likeness (QED) is 0.118. The molecular weight excluding hydrogens is 544 g/mol. The lowest BCUT2D eigenvalue weighted by atomic mass is 9.98. The second kappa shape index (κ2) is 17.2. The second-order valence-corrected chi connectivity index (χ2v) is 10.2. The Kier molecular flexibility index (Phi) is 15.1. The molecule has 9 unspecified atom stereocenters. The van der Waals surface area contributed by atoms with Crippen molar-refractivity contribution in [2.75, 3.05) is 19.7 Å². The van der Waals surface area contributed by atoms with Crippen LogP contribution in [0, 0.1) is 0 Å². The van der Waals surface area contributed by atoms with E-state index in [1.54, 1.807) is 25.7 Å². The first-order valence-corrected chi connectivity index (χ1v) is 13.7. The molecule has 16 heteroatoms. The Hall–Kier alpha value is -2.89. The first-order chi connectivity index (χ1) is 19.1. The maximum atomic E-state index is 12.2. The monoisotopic (exact) mass is 590 g/mol. The minimum absolute atomic E-state index is 0.0125. The van der Waals surface area contributed by atoms with Gasteiger partial charge in [-0.3, -0.25) is 24.0 Å². The predicted octanol–water partition coefficient (Wildman–Crippen LogP) is -4.22. The Morgan fingerprint density at radius 2 is 1.37 bits per heavy atom. The lowest BCUT2D eigenvalue weighted by Gasteiger charge is -2.40. The molecule has 0 spiro atoms. The molecule has 2 heterocycles. The van der Waals surface area contributed by atoms with Crippen LogP contribution in [0.25, 0.3) is 0 Å². The molecule has 2 saturated heterocycles. The average Bonchev–Trinajstić information content (AvgIpc) is 3.47. The van der Waals surface area contributed by atoms with Crippen LogP contribution < -0.4 is 27.0 Å². The van der Waals surface area contributed by atoms with Crippen molar-refractivity contribution in [3.8, 4) is 0 Å². The minimum atomic E-state index is -1.62. The summed E-state index contributed by atoms with van der Waals surface area (Å²) in [5.74, 6) is -1.91. The number of likely N-dealkylation sites (tertiary alicyclic amines) is 1. The topological polar surface area (TPSA) is 253 Å². The highest BCUT2D eigenvalue weighted by molar-refractivity contribution is 5.91. The molecule has 9 atom stereocenters. The summed E-state index contributed by atoms with van der Waals surface area (Å²) in [6, 6.07) is -2.92. The van der Waals surface area contributed by atoms with E-state index in [1.165, 1.54) is 13.8 Å². The van der Waals surface area contributed by atoms with Gasteiger partial charge in [-0.05, 0) is 40.5 Å². The van der Waals surface area contributed by atoms with Gasteiger partial charge in [-0.1, -0.05) is 6.92 Å². The van der Waals surface area contributed by atoms with Crippen LogP contribution in [0.5, 0.6) is 0 Å². The van der Waals surface area contributed by atoms with Crippen LogP contribution in [0.15, 0.2) is 0 Å². The molecule has 0 radical (unpaired) electrons. The van der Waals surface area contributed by atoms with Crippen LogP contribution in [0.1, 0.15) is 53.9 Å². The van der Waals surface area contributed by atoms with Crippen molar-refractivity contribution in [1.82, 2.24) is 26.2 Å². The minimum Gasteiger partial charge on any atom is -0.394 e. The fourth-order valence-corrected chi connectivity index (χ4v) is 3.92. The number of carbonyl (C=O) groups is 5. The van der Waals surface area contributed by atoms with Gasteiger partial charge in [-0.2, -0.15) is 0 Å². The first kappa shape index (κ1) is 36.1. The lowest BCUT2D eigenvalue weighted by molar-refractivity contribution is -0.236. The van der Waals surface area contributed by atoms with Gasteiger partial charge in [0.25, 0.3) is 0 Å². The van der Waals surface area contributed by atoms with Gasteiger partial charge >= 0.3 is 0 Å². The molecule has 10 N–H and O–H groups in total. The van der Waals surface area contributed by atoms with Crippen LogP contribution in [0.3, 0.4) is 0 Å². The van der Waals surface area contributed by atoms with Gasteiger partial charge in [0.1, 0.15) is 42.5 Å². The molecule has 2 aliphatic heterocycles. The number of ether oxygens (including phenoxy) is 1. The van der Waals surface area contributed by atoms with E-state index in [2.05, 4.69) is 21.3 Å². The molecule has 41 heavy (non-hydrogen) atoms. The van der Waals surface area contributed by atoms with Gasteiger partial charge in [-0.15, -0.1) is 0 Å². The van der Waals surface area contributed by atoms with Gasteiger partial charge in [0.05, 0.1) is 12.6 Å². The Labute approximate surface area is 239 Å². The molecule has 0 aliphatic carbocycles. The molecule has 0 aromatic heterocycles. The van der Waals surface area contributed by atoms with Gasteiger partial charge in [0.2, 0.25) is 29.5 Å². The number of hydrogen-bond acceptors (Lipinski definition) is 11.